The highest BCUT2D eigenvalue weighted by Crippen LogP contribution is 2.19. The predicted octanol–water partition coefficient (Wildman–Crippen LogP) is 3.49. The third kappa shape index (κ3) is 3.76. The number of hydrogen-bond acceptors (Lipinski definition) is 1. The SMILES string of the molecule is CC(NCCCF)c1ccc(Cl)c(F)c1. The van der Waals surface area contributed by atoms with Gasteiger partial charge in [-0.05, 0) is 37.6 Å². The van der Waals surface area contributed by atoms with Crippen molar-refractivity contribution in [1.82, 2.24) is 5.32 Å². The van der Waals surface area contributed by atoms with Crippen molar-refractivity contribution in [2.75, 3.05) is 13.2 Å². The average molecular weight is 234 g/mol. The average Bonchev–Trinajstić information content (AvgIpc) is 2.22. The molecule has 0 fully saturated rings. The highest BCUT2D eigenvalue weighted by molar-refractivity contribution is 6.30. The van der Waals surface area contributed by atoms with E-state index in [1.807, 2.05) is 6.92 Å². The molecule has 0 aliphatic heterocycles. The summed E-state index contributed by atoms with van der Waals surface area (Å²) >= 11 is 5.57. The molecule has 4 heteroatoms. The molecule has 15 heavy (non-hydrogen) atoms. The standard InChI is InChI=1S/C11H14ClF2N/c1-8(15-6-2-5-13)9-3-4-10(12)11(14)7-9/h3-4,7-8,15H,2,5-6H2,1H3. The van der Waals surface area contributed by atoms with E-state index in [1.165, 1.54) is 12.1 Å². The summed E-state index contributed by atoms with van der Waals surface area (Å²) in [5.41, 5.74) is 0.816. The molecule has 1 rings (SSSR count). The Bertz CT molecular complexity index is 317. The van der Waals surface area contributed by atoms with Crippen molar-refractivity contribution >= 4 is 11.6 Å². The normalized spacial score (nSPS) is 12.8. The van der Waals surface area contributed by atoms with Gasteiger partial charge in [-0.25, -0.2) is 4.39 Å². The third-order valence-corrected chi connectivity index (χ3v) is 2.51. The molecule has 0 spiro atoms. The molecule has 0 aliphatic carbocycles. The van der Waals surface area contributed by atoms with Crippen LogP contribution in [0.15, 0.2) is 18.2 Å². The molecule has 0 radical (unpaired) electrons. The molecule has 1 unspecified atom stereocenters. The zero-order valence-corrected chi connectivity index (χ0v) is 9.32. The second-order valence-corrected chi connectivity index (χ2v) is 3.80. The molecule has 0 saturated heterocycles. The minimum Gasteiger partial charge on any atom is -0.310 e. The van der Waals surface area contributed by atoms with Gasteiger partial charge in [-0.3, -0.25) is 4.39 Å². The highest BCUT2D eigenvalue weighted by atomic mass is 35.5. The van der Waals surface area contributed by atoms with Crippen LogP contribution < -0.4 is 5.32 Å². The first kappa shape index (κ1) is 12.4. The lowest BCUT2D eigenvalue weighted by atomic mass is 10.1. The van der Waals surface area contributed by atoms with E-state index in [0.717, 1.165) is 5.56 Å². The van der Waals surface area contributed by atoms with Crippen molar-refractivity contribution < 1.29 is 8.78 Å². The Kier molecular flexibility index (Phi) is 4.99. The van der Waals surface area contributed by atoms with Crippen LogP contribution in [0.3, 0.4) is 0 Å². The Morgan fingerprint density at radius 1 is 1.47 bits per heavy atom. The molecule has 1 nitrogen and oxygen atoms in total. The topological polar surface area (TPSA) is 12.0 Å². The van der Waals surface area contributed by atoms with Crippen molar-refractivity contribution in [2.24, 2.45) is 0 Å². The largest absolute Gasteiger partial charge is 0.310 e. The minimum atomic E-state index is -0.423. The Labute approximate surface area is 93.4 Å². The Morgan fingerprint density at radius 2 is 2.20 bits per heavy atom. The second-order valence-electron chi connectivity index (χ2n) is 3.39. The molecule has 0 aromatic heterocycles. The van der Waals surface area contributed by atoms with E-state index < -0.39 is 5.82 Å². The van der Waals surface area contributed by atoms with E-state index in [1.54, 1.807) is 6.07 Å². The molecule has 1 aromatic carbocycles. The fraction of sp³-hybridized carbons (Fsp3) is 0.455. The summed E-state index contributed by atoms with van der Waals surface area (Å²) in [6.07, 6.45) is 0.473. The number of halogens is 3. The molecule has 1 aromatic rings. The summed E-state index contributed by atoms with van der Waals surface area (Å²) < 4.78 is 25.0. The van der Waals surface area contributed by atoms with Gasteiger partial charge in [-0.2, -0.15) is 0 Å². The molecular weight excluding hydrogens is 220 g/mol. The van der Waals surface area contributed by atoms with Crippen molar-refractivity contribution in [3.63, 3.8) is 0 Å². The summed E-state index contributed by atoms with van der Waals surface area (Å²) in [7, 11) is 0. The molecule has 0 heterocycles. The fourth-order valence-corrected chi connectivity index (χ4v) is 1.40. The van der Waals surface area contributed by atoms with Gasteiger partial charge in [0, 0.05) is 6.04 Å². The highest BCUT2D eigenvalue weighted by Gasteiger charge is 2.07. The van der Waals surface area contributed by atoms with Gasteiger partial charge in [0.2, 0.25) is 0 Å². The lowest BCUT2D eigenvalue weighted by molar-refractivity contribution is 0.445. The molecule has 1 atom stereocenters. The lowest BCUT2D eigenvalue weighted by Crippen LogP contribution is -2.20. The third-order valence-electron chi connectivity index (χ3n) is 2.20. The summed E-state index contributed by atoms with van der Waals surface area (Å²) in [6, 6.07) is 4.69. The van der Waals surface area contributed by atoms with Crippen LogP contribution >= 0.6 is 11.6 Å². The minimum absolute atomic E-state index is 0.00307. The number of nitrogens with one attached hydrogen (secondary N) is 1. The lowest BCUT2D eigenvalue weighted by Gasteiger charge is -2.13. The van der Waals surface area contributed by atoms with Crippen molar-refractivity contribution in [1.29, 1.82) is 0 Å². The summed E-state index contributed by atoms with van der Waals surface area (Å²) in [5.74, 6) is -0.423. The molecule has 0 bridgehead atoms. The van der Waals surface area contributed by atoms with Crippen molar-refractivity contribution in [3.8, 4) is 0 Å². The number of rotatable bonds is 5. The van der Waals surface area contributed by atoms with Gasteiger partial charge >= 0.3 is 0 Å². The molecule has 1 N–H and O–H groups in total. The maximum Gasteiger partial charge on any atom is 0.142 e. The second kappa shape index (κ2) is 6.03. The maximum absolute atomic E-state index is 13.1. The van der Waals surface area contributed by atoms with E-state index in [2.05, 4.69) is 5.32 Å². The summed E-state index contributed by atoms with van der Waals surface area (Å²) in [6.45, 7) is 2.15. The molecule has 0 saturated carbocycles. The number of alkyl halides is 1. The van der Waals surface area contributed by atoms with Gasteiger partial charge in [0.1, 0.15) is 5.82 Å². The van der Waals surface area contributed by atoms with Crippen LogP contribution in [0.4, 0.5) is 8.78 Å². The Hall–Kier alpha value is -0.670. The van der Waals surface area contributed by atoms with Crippen LogP contribution in [0, 0.1) is 5.82 Å². The number of hydrogen-bond donors (Lipinski definition) is 1. The van der Waals surface area contributed by atoms with Crippen LogP contribution in [0.2, 0.25) is 5.02 Å². The monoisotopic (exact) mass is 233 g/mol. The van der Waals surface area contributed by atoms with Gasteiger partial charge in [0.05, 0.1) is 11.7 Å². The van der Waals surface area contributed by atoms with Gasteiger partial charge in [-0.1, -0.05) is 17.7 Å². The van der Waals surface area contributed by atoms with Gasteiger partial charge < -0.3 is 5.32 Å². The Balaban J connectivity index is 2.57. The summed E-state index contributed by atoms with van der Waals surface area (Å²) in [5, 5.41) is 3.22. The first-order valence-electron chi connectivity index (χ1n) is 4.89. The first-order chi connectivity index (χ1) is 7.15. The van der Waals surface area contributed by atoms with Crippen LogP contribution in [0.1, 0.15) is 24.9 Å². The van der Waals surface area contributed by atoms with Crippen LogP contribution in [-0.2, 0) is 0 Å². The molecular formula is C11H14ClF2N. The molecule has 84 valence electrons. The molecule has 0 amide bonds. The maximum atomic E-state index is 13.1. The van der Waals surface area contributed by atoms with Crippen molar-refractivity contribution in [2.45, 2.75) is 19.4 Å². The zero-order valence-electron chi connectivity index (χ0n) is 8.56. The van der Waals surface area contributed by atoms with Crippen LogP contribution in [-0.4, -0.2) is 13.2 Å². The Morgan fingerprint density at radius 3 is 2.80 bits per heavy atom. The van der Waals surface area contributed by atoms with Crippen molar-refractivity contribution in [3.05, 3.63) is 34.6 Å². The van der Waals surface area contributed by atoms with Crippen LogP contribution in [0.5, 0.6) is 0 Å². The van der Waals surface area contributed by atoms with Gasteiger partial charge in [-0.15, -0.1) is 0 Å². The smallest absolute Gasteiger partial charge is 0.142 e. The zero-order chi connectivity index (χ0) is 11.3. The van der Waals surface area contributed by atoms with E-state index in [9.17, 15) is 8.78 Å². The van der Waals surface area contributed by atoms with Gasteiger partial charge in [0.25, 0.3) is 0 Å². The van der Waals surface area contributed by atoms with E-state index in [4.69, 9.17) is 11.6 Å². The quantitative estimate of drug-likeness (QED) is 0.768. The first-order valence-corrected chi connectivity index (χ1v) is 5.27. The summed E-state index contributed by atoms with van der Waals surface area (Å²) in [4.78, 5) is 0. The van der Waals surface area contributed by atoms with Crippen LogP contribution in [0.25, 0.3) is 0 Å². The van der Waals surface area contributed by atoms with Gasteiger partial charge in [0.15, 0.2) is 0 Å². The predicted molar refractivity (Wildman–Crippen MR) is 58.4 cm³/mol. The molecule has 0 aliphatic rings. The fourth-order valence-electron chi connectivity index (χ4n) is 1.28. The van der Waals surface area contributed by atoms with E-state index >= 15 is 0 Å². The number of benzene rings is 1. The van der Waals surface area contributed by atoms with E-state index in [-0.39, 0.29) is 17.7 Å². The van der Waals surface area contributed by atoms with E-state index in [0.29, 0.717) is 13.0 Å².